The lowest BCUT2D eigenvalue weighted by molar-refractivity contribution is 0.303. The van der Waals surface area contributed by atoms with Crippen LogP contribution in [0.5, 0.6) is 0 Å². The molecule has 90 valence electrons. The van der Waals surface area contributed by atoms with E-state index < -0.39 is 0 Å². The Labute approximate surface area is 97.7 Å². The van der Waals surface area contributed by atoms with Crippen molar-refractivity contribution >= 4 is 0 Å². The van der Waals surface area contributed by atoms with E-state index in [1.807, 2.05) is 12.4 Å². The van der Waals surface area contributed by atoms with Crippen LogP contribution >= 0.6 is 0 Å². The molecule has 1 aromatic rings. The van der Waals surface area contributed by atoms with E-state index in [1.54, 1.807) is 0 Å². The van der Waals surface area contributed by atoms with Crippen molar-refractivity contribution in [3.8, 4) is 0 Å². The second-order valence-corrected chi connectivity index (χ2v) is 4.65. The summed E-state index contributed by atoms with van der Waals surface area (Å²) in [5, 5.41) is 3.43. The van der Waals surface area contributed by atoms with Gasteiger partial charge in [0.25, 0.3) is 0 Å². The third-order valence-electron chi connectivity index (χ3n) is 3.34. The fourth-order valence-electron chi connectivity index (χ4n) is 2.32. The van der Waals surface area contributed by atoms with Crippen LogP contribution in [0.15, 0.2) is 12.4 Å². The number of aromatic nitrogens is 2. The van der Waals surface area contributed by atoms with Crippen LogP contribution in [0.4, 0.5) is 0 Å². The van der Waals surface area contributed by atoms with Crippen LogP contribution in [0.25, 0.3) is 0 Å². The predicted molar refractivity (Wildman–Crippen MR) is 65.1 cm³/mol. The minimum Gasteiger partial charge on any atom is -0.337 e. The summed E-state index contributed by atoms with van der Waals surface area (Å²) in [6.45, 7) is 7.82. The minimum absolute atomic E-state index is 0.820. The molecule has 0 radical (unpaired) electrons. The Bertz CT molecular complexity index is 321. The Kier molecular flexibility index (Phi) is 3.96. The van der Waals surface area contributed by atoms with Gasteiger partial charge in [-0.1, -0.05) is 6.92 Å². The molecule has 0 aromatic carbocycles. The molecule has 1 aliphatic rings. The molecule has 1 atom stereocenters. The number of hydrogen-bond acceptors (Lipinski definition) is 3. The zero-order valence-corrected chi connectivity index (χ0v) is 10.3. The van der Waals surface area contributed by atoms with Gasteiger partial charge in [-0.25, -0.2) is 4.98 Å². The van der Waals surface area contributed by atoms with Gasteiger partial charge in [-0.2, -0.15) is 0 Å². The summed E-state index contributed by atoms with van der Waals surface area (Å²) in [6, 6.07) is 0. The summed E-state index contributed by atoms with van der Waals surface area (Å²) in [5.41, 5.74) is 0. The van der Waals surface area contributed by atoms with Gasteiger partial charge in [0.15, 0.2) is 0 Å². The second kappa shape index (κ2) is 5.46. The third kappa shape index (κ3) is 2.83. The van der Waals surface area contributed by atoms with Crippen molar-refractivity contribution in [2.75, 3.05) is 26.2 Å². The van der Waals surface area contributed by atoms with Crippen molar-refractivity contribution in [2.45, 2.75) is 19.9 Å². The molecular formula is C12H22N4. The van der Waals surface area contributed by atoms with E-state index in [1.165, 1.54) is 25.3 Å². The van der Waals surface area contributed by atoms with E-state index in [9.17, 15) is 0 Å². The summed E-state index contributed by atoms with van der Waals surface area (Å²) < 4.78 is 2.11. The maximum Gasteiger partial charge on any atom is 0.122 e. The highest BCUT2D eigenvalue weighted by atomic mass is 15.2. The van der Waals surface area contributed by atoms with E-state index in [0.29, 0.717) is 0 Å². The SMILES string of the molecule is CCNCC1CCN(Cc2nccn2C)C1. The van der Waals surface area contributed by atoms with Crippen molar-refractivity contribution in [2.24, 2.45) is 13.0 Å². The molecule has 0 aliphatic carbocycles. The third-order valence-corrected chi connectivity index (χ3v) is 3.34. The van der Waals surface area contributed by atoms with E-state index in [-0.39, 0.29) is 0 Å². The van der Waals surface area contributed by atoms with Gasteiger partial charge < -0.3 is 9.88 Å². The standard InChI is InChI=1S/C12H22N4/c1-3-13-8-11-4-6-16(9-11)10-12-14-5-7-15(12)2/h5,7,11,13H,3-4,6,8-10H2,1-2H3. The maximum atomic E-state index is 4.37. The molecule has 0 bridgehead atoms. The largest absolute Gasteiger partial charge is 0.337 e. The molecule has 0 amide bonds. The lowest BCUT2D eigenvalue weighted by Gasteiger charge is -2.15. The number of rotatable bonds is 5. The van der Waals surface area contributed by atoms with E-state index in [2.05, 4.69) is 33.7 Å². The van der Waals surface area contributed by atoms with Gasteiger partial charge in [-0.05, 0) is 32.0 Å². The average Bonchev–Trinajstić information content (AvgIpc) is 2.87. The Morgan fingerprint density at radius 2 is 2.44 bits per heavy atom. The van der Waals surface area contributed by atoms with Crippen LogP contribution in [-0.4, -0.2) is 40.6 Å². The Morgan fingerprint density at radius 3 is 3.12 bits per heavy atom. The molecule has 2 rings (SSSR count). The molecule has 0 spiro atoms. The molecule has 0 saturated carbocycles. The number of nitrogens with zero attached hydrogens (tertiary/aromatic N) is 3. The van der Waals surface area contributed by atoms with E-state index in [0.717, 1.165) is 25.6 Å². The summed E-state index contributed by atoms with van der Waals surface area (Å²) in [6.07, 6.45) is 5.21. The molecule has 16 heavy (non-hydrogen) atoms. The first kappa shape index (κ1) is 11.6. The first-order valence-electron chi connectivity index (χ1n) is 6.19. The van der Waals surface area contributed by atoms with Crippen molar-refractivity contribution in [1.29, 1.82) is 0 Å². The van der Waals surface area contributed by atoms with Crippen LogP contribution in [0.1, 0.15) is 19.2 Å². The fraction of sp³-hybridized carbons (Fsp3) is 0.750. The molecule has 4 heteroatoms. The monoisotopic (exact) mass is 222 g/mol. The number of aryl methyl sites for hydroxylation is 1. The zero-order chi connectivity index (χ0) is 11.4. The highest BCUT2D eigenvalue weighted by Crippen LogP contribution is 2.17. The topological polar surface area (TPSA) is 33.1 Å². The van der Waals surface area contributed by atoms with Crippen molar-refractivity contribution in [3.05, 3.63) is 18.2 Å². The molecule has 1 aromatic heterocycles. The Balaban J connectivity index is 1.79. The van der Waals surface area contributed by atoms with Crippen LogP contribution in [0.3, 0.4) is 0 Å². The number of imidazole rings is 1. The molecule has 1 saturated heterocycles. The highest BCUT2D eigenvalue weighted by molar-refractivity contribution is 4.92. The quantitative estimate of drug-likeness (QED) is 0.802. The first-order chi connectivity index (χ1) is 7.79. The predicted octanol–water partition coefficient (Wildman–Crippen LogP) is 0.851. The second-order valence-electron chi connectivity index (χ2n) is 4.65. The lowest BCUT2D eigenvalue weighted by Crippen LogP contribution is -2.26. The van der Waals surface area contributed by atoms with E-state index in [4.69, 9.17) is 0 Å². The maximum absolute atomic E-state index is 4.37. The summed E-state index contributed by atoms with van der Waals surface area (Å²) >= 11 is 0. The average molecular weight is 222 g/mol. The first-order valence-corrected chi connectivity index (χ1v) is 6.19. The summed E-state index contributed by atoms with van der Waals surface area (Å²) in [5.74, 6) is 1.99. The van der Waals surface area contributed by atoms with Crippen LogP contribution in [-0.2, 0) is 13.6 Å². The molecule has 1 N–H and O–H groups in total. The van der Waals surface area contributed by atoms with Gasteiger partial charge >= 0.3 is 0 Å². The van der Waals surface area contributed by atoms with Crippen molar-refractivity contribution in [1.82, 2.24) is 19.8 Å². The van der Waals surface area contributed by atoms with Crippen LogP contribution in [0, 0.1) is 5.92 Å². The number of hydrogen-bond donors (Lipinski definition) is 1. The molecular weight excluding hydrogens is 200 g/mol. The minimum atomic E-state index is 0.820. The van der Waals surface area contributed by atoms with Gasteiger partial charge in [0.05, 0.1) is 6.54 Å². The van der Waals surface area contributed by atoms with Gasteiger partial charge in [-0.15, -0.1) is 0 Å². The molecule has 4 nitrogen and oxygen atoms in total. The van der Waals surface area contributed by atoms with Crippen molar-refractivity contribution < 1.29 is 0 Å². The number of nitrogens with one attached hydrogen (secondary N) is 1. The summed E-state index contributed by atoms with van der Waals surface area (Å²) in [4.78, 5) is 6.88. The molecule has 1 aliphatic heterocycles. The van der Waals surface area contributed by atoms with Crippen LogP contribution in [0.2, 0.25) is 0 Å². The van der Waals surface area contributed by atoms with Gasteiger partial charge in [0, 0.05) is 26.0 Å². The number of likely N-dealkylation sites (tertiary alicyclic amines) is 1. The Hall–Kier alpha value is -0.870. The normalized spacial score (nSPS) is 21.8. The molecule has 2 heterocycles. The highest BCUT2D eigenvalue weighted by Gasteiger charge is 2.22. The van der Waals surface area contributed by atoms with Gasteiger partial charge in [0.2, 0.25) is 0 Å². The summed E-state index contributed by atoms with van der Waals surface area (Å²) in [7, 11) is 2.06. The van der Waals surface area contributed by atoms with Gasteiger partial charge in [-0.3, -0.25) is 4.90 Å². The van der Waals surface area contributed by atoms with Crippen molar-refractivity contribution in [3.63, 3.8) is 0 Å². The Morgan fingerprint density at radius 1 is 1.56 bits per heavy atom. The zero-order valence-electron chi connectivity index (χ0n) is 10.3. The van der Waals surface area contributed by atoms with E-state index >= 15 is 0 Å². The molecule has 1 unspecified atom stereocenters. The van der Waals surface area contributed by atoms with Crippen LogP contribution < -0.4 is 5.32 Å². The lowest BCUT2D eigenvalue weighted by atomic mass is 10.1. The molecule has 1 fully saturated rings. The smallest absolute Gasteiger partial charge is 0.122 e. The van der Waals surface area contributed by atoms with Gasteiger partial charge in [0.1, 0.15) is 5.82 Å². The fourth-order valence-corrected chi connectivity index (χ4v) is 2.32.